The second kappa shape index (κ2) is 4.31. The smallest absolute Gasteiger partial charge is 0.253 e. The number of anilines is 1. The molecule has 3 N–H and O–H groups in total. The summed E-state index contributed by atoms with van der Waals surface area (Å²) in [6.45, 7) is 3.31. The van der Waals surface area contributed by atoms with E-state index in [4.69, 9.17) is 5.73 Å². The van der Waals surface area contributed by atoms with E-state index >= 15 is 0 Å². The molecule has 1 amide bonds. The number of amides is 1. The molecule has 0 radical (unpaired) electrons. The minimum absolute atomic E-state index is 0.0940. The fourth-order valence-corrected chi connectivity index (χ4v) is 1.68. The number of rotatable bonds is 1. The van der Waals surface area contributed by atoms with Crippen LogP contribution in [0.1, 0.15) is 10.4 Å². The summed E-state index contributed by atoms with van der Waals surface area (Å²) in [5.74, 6) is 0.0940. The second-order valence-corrected chi connectivity index (χ2v) is 3.66. The van der Waals surface area contributed by atoms with Crippen LogP contribution in [0.3, 0.4) is 0 Å². The van der Waals surface area contributed by atoms with Crippen molar-refractivity contribution in [2.75, 3.05) is 31.9 Å². The van der Waals surface area contributed by atoms with Crippen LogP contribution in [0.25, 0.3) is 0 Å². The maximum absolute atomic E-state index is 12.0. The largest absolute Gasteiger partial charge is 0.399 e. The maximum Gasteiger partial charge on any atom is 0.253 e. The van der Waals surface area contributed by atoms with E-state index in [2.05, 4.69) is 5.32 Å². The molecule has 0 aromatic heterocycles. The number of nitrogens with one attached hydrogen (secondary N) is 1. The minimum Gasteiger partial charge on any atom is -0.399 e. The van der Waals surface area contributed by atoms with Crippen molar-refractivity contribution in [1.29, 1.82) is 0 Å². The summed E-state index contributed by atoms with van der Waals surface area (Å²) < 4.78 is 0. The predicted octanol–water partition coefficient (Wildman–Crippen LogP) is 0.314. The van der Waals surface area contributed by atoms with Crippen molar-refractivity contribution in [1.82, 2.24) is 10.2 Å². The predicted molar refractivity (Wildman–Crippen MR) is 59.6 cm³/mol. The van der Waals surface area contributed by atoms with Gasteiger partial charge in [-0.05, 0) is 24.3 Å². The lowest BCUT2D eigenvalue weighted by atomic mass is 10.1. The summed E-state index contributed by atoms with van der Waals surface area (Å²) in [7, 11) is 0. The zero-order valence-electron chi connectivity index (χ0n) is 8.57. The lowest BCUT2D eigenvalue weighted by Gasteiger charge is -2.27. The molecule has 0 saturated carbocycles. The fraction of sp³-hybridized carbons (Fsp3) is 0.364. The molecule has 1 fully saturated rings. The molecule has 0 unspecified atom stereocenters. The molecule has 1 heterocycles. The lowest BCUT2D eigenvalue weighted by Crippen LogP contribution is -2.46. The van der Waals surface area contributed by atoms with Gasteiger partial charge in [0.1, 0.15) is 0 Å². The van der Waals surface area contributed by atoms with Crippen LogP contribution in [-0.4, -0.2) is 37.0 Å². The summed E-state index contributed by atoms with van der Waals surface area (Å²) in [6.07, 6.45) is 0. The Morgan fingerprint density at radius 1 is 1.20 bits per heavy atom. The second-order valence-electron chi connectivity index (χ2n) is 3.66. The van der Waals surface area contributed by atoms with Crippen LogP contribution in [0, 0.1) is 0 Å². The zero-order chi connectivity index (χ0) is 10.7. The van der Waals surface area contributed by atoms with Crippen molar-refractivity contribution in [3.63, 3.8) is 0 Å². The highest BCUT2D eigenvalue weighted by Gasteiger charge is 2.17. The number of benzene rings is 1. The van der Waals surface area contributed by atoms with Gasteiger partial charge < -0.3 is 16.0 Å². The van der Waals surface area contributed by atoms with Gasteiger partial charge in [0.25, 0.3) is 5.91 Å². The van der Waals surface area contributed by atoms with Gasteiger partial charge in [0, 0.05) is 37.4 Å². The van der Waals surface area contributed by atoms with E-state index in [1.165, 1.54) is 0 Å². The van der Waals surface area contributed by atoms with Crippen LogP contribution in [0.5, 0.6) is 0 Å². The van der Waals surface area contributed by atoms with Crippen LogP contribution in [0.2, 0.25) is 0 Å². The molecule has 0 aliphatic carbocycles. The first kappa shape index (κ1) is 9.98. The van der Waals surface area contributed by atoms with Gasteiger partial charge >= 0.3 is 0 Å². The highest BCUT2D eigenvalue weighted by Crippen LogP contribution is 2.09. The Morgan fingerprint density at radius 3 is 2.40 bits per heavy atom. The number of nitrogens with zero attached hydrogens (tertiary/aromatic N) is 1. The number of carbonyl (C=O) groups is 1. The first-order valence-corrected chi connectivity index (χ1v) is 5.13. The number of carbonyl (C=O) groups excluding carboxylic acids is 1. The molecular weight excluding hydrogens is 190 g/mol. The van der Waals surface area contributed by atoms with Crippen LogP contribution in [-0.2, 0) is 0 Å². The summed E-state index contributed by atoms with van der Waals surface area (Å²) >= 11 is 0. The normalized spacial score (nSPS) is 16.4. The molecule has 2 rings (SSSR count). The Balaban J connectivity index is 2.09. The Kier molecular flexibility index (Phi) is 2.87. The van der Waals surface area contributed by atoms with Crippen molar-refractivity contribution in [2.45, 2.75) is 0 Å². The molecule has 1 aliphatic heterocycles. The molecule has 1 aromatic rings. The molecule has 4 heteroatoms. The third-order valence-corrected chi connectivity index (χ3v) is 2.56. The summed E-state index contributed by atoms with van der Waals surface area (Å²) in [5, 5.41) is 3.22. The summed E-state index contributed by atoms with van der Waals surface area (Å²) in [5.41, 5.74) is 6.97. The average molecular weight is 205 g/mol. The highest BCUT2D eigenvalue weighted by molar-refractivity contribution is 5.94. The molecule has 15 heavy (non-hydrogen) atoms. The summed E-state index contributed by atoms with van der Waals surface area (Å²) in [6, 6.07) is 7.07. The van der Waals surface area contributed by atoms with Gasteiger partial charge in [0.2, 0.25) is 0 Å². The van der Waals surface area contributed by atoms with Crippen LogP contribution < -0.4 is 11.1 Å². The molecule has 0 spiro atoms. The van der Waals surface area contributed by atoms with Crippen molar-refractivity contribution in [3.8, 4) is 0 Å². The van der Waals surface area contributed by atoms with E-state index in [9.17, 15) is 4.79 Å². The quantitative estimate of drug-likeness (QED) is 0.649. The maximum atomic E-state index is 12.0. The van der Waals surface area contributed by atoms with E-state index in [1.807, 2.05) is 4.90 Å². The molecule has 1 saturated heterocycles. The molecule has 1 aliphatic rings. The number of nitrogens with two attached hydrogens (primary N) is 1. The molecule has 0 atom stereocenters. The number of hydrogen-bond donors (Lipinski definition) is 2. The Morgan fingerprint density at radius 2 is 1.80 bits per heavy atom. The van der Waals surface area contributed by atoms with Crippen molar-refractivity contribution < 1.29 is 4.79 Å². The van der Waals surface area contributed by atoms with Gasteiger partial charge in [-0.15, -0.1) is 0 Å². The van der Waals surface area contributed by atoms with Crippen molar-refractivity contribution >= 4 is 11.6 Å². The Bertz CT molecular complexity index is 341. The minimum atomic E-state index is 0.0940. The van der Waals surface area contributed by atoms with E-state index < -0.39 is 0 Å². The van der Waals surface area contributed by atoms with E-state index in [-0.39, 0.29) is 5.91 Å². The molecule has 80 valence electrons. The Hall–Kier alpha value is -1.55. The van der Waals surface area contributed by atoms with Crippen molar-refractivity contribution in [3.05, 3.63) is 29.8 Å². The topological polar surface area (TPSA) is 58.4 Å². The van der Waals surface area contributed by atoms with Crippen LogP contribution >= 0.6 is 0 Å². The number of nitrogen functional groups attached to an aromatic ring is 1. The van der Waals surface area contributed by atoms with Crippen LogP contribution in [0.4, 0.5) is 5.69 Å². The average Bonchev–Trinajstić information content (AvgIpc) is 2.30. The fourth-order valence-electron chi connectivity index (χ4n) is 1.68. The monoisotopic (exact) mass is 205 g/mol. The molecular formula is C11H15N3O. The molecule has 0 bridgehead atoms. The summed E-state index contributed by atoms with van der Waals surface area (Å²) in [4.78, 5) is 13.8. The molecule has 4 nitrogen and oxygen atoms in total. The number of piperazine rings is 1. The van der Waals surface area contributed by atoms with Crippen molar-refractivity contribution in [2.24, 2.45) is 0 Å². The first-order chi connectivity index (χ1) is 7.27. The van der Waals surface area contributed by atoms with Gasteiger partial charge in [-0.3, -0.25) is 4.79 Å². The van der Waals surface area contributed by atoms with Gasteiger partial charge in [0.05, 0.1) is 0 Å². The van der Waals surface area contributed by atoms with Crippen LogP contribution in [0.15, 0.2) is 24.3 Å². The third kappa shape index (κ3) is 2.27. The Labute approximate surface area is 89.1 Å². The van der Waals surface area contributed by atoms with E-state index in [1.54, 1.807) is 24.3 Å². The van der Waals surface area contributed by atoms with E-state index in [0.29, 0.717) is 11.3 Å². The number of hydrogen-bond acceptors (Lipinski definition) is 3. The van der Waals surface area contributed by atoms with Gasteiger partial charge in [-0.1, -0.05) is 0 Å². The SMILES string of the molecule is Nc1ccc(C(=O)N2CCNCC2)cc1. The lowest BCUT2D eigenvalue weighted by molar-refractivity contribution is 0.0736. The third-order valence-electron chi connectivity index (χ3n) is 2.56. The zero-order valence-corrected chi connectivity index (χ0v) is 8.57. The first-order valence-electron chi connectivity index (χ1n) is 5.13. The standard InChI is InChI=1S/C11H15N3O/c12-10-3-1-9(2-4-10)11(15)14-7-5-13-6-8-14/h1-4,13H,5-8,12H2. The highest BCUT2D eigenvalue weighted by atomic mass is 16.2. The van der Waals surface area contributed by atoms with Gasteiger partial charge in [-0.25, -0.2) is 0 Å². The van der Waals surface area contributed by atoms with Gasteiger partial charge in [-0.2, -0.15) is 0 Å². The van der Waals surface area contributed by atoms with E-state index in [0.717, 1.165) is 26.2 Å². The molecule has 1 aromatic carbocycles. The van der Waals surface area contributed by atoms with Gasteiger partial charge in [0.15, 0.2) is 0 Å².